The second-order valence-electron chi connectivity index (χ2n) is 3.73. The van der Waals surface area contributed by atoms with Gasteiger partial charge in [0.1, 0.15) is 0 Å². The molecule has 0 heterocycles. The second-order valence-corrected chi connectivity index (χ2v) is 4.17. The SMILES string of the molecule is C=CC(C)CCCc1ccc(Cl)cc1. The number of hydrogen-bond acceptors (Lipinski definition) is 0. The van der Waals surface area contributed by atoms with Gasteiger partial charge in [0.05, 0.1) is 0 Å². The van der Waals surface area contributed by atoms with Crippen molar-refractivity contribution in [1.82, 2.24) is 0 Å². The zero-order valence-corrected chi connectivity index (χ0v) is 9.43. The monoisotopic (exact) mass is 208 g/mol. The molecule has 1 aromatic carbocycles. The van der Waals surface area contributed by atoms with Gasteiger partial charge < -0.3 is 0 Å². The van der Waals surface area contributed by atoms with E-state index in [2.05, 4.69) is 25.6 Å². The summed E-state index contributed by atoms with van der Waals surface area (Å²) in [6.07, 6.45) is 5.58. The van der Waals surface area contributed by atoms with Gasteiger partial charge in [0.2, 0.25) is 0 Å². The Balaban J connectivity index is 2.31. The number of hydrogen-bond donors (Lipinski definition) is 0. The fourth-order valence-electron chi connectivity index (χ4n) is 1.40. The van der Waals surface area contributed by atoms with Gasteiger partial charge in [0.15, 0.2) is 0 Å². The summed E-state index contributed by atoms with van der Waals surface area (Å²) in [6, 6.07) is 8.10. The van der Waals surface area contributed by atoms with E-state index in [1.165, 1.54) is 18.4 Å². The molecule has 0 spiro atoms. The second kappa shape index (κ2) is 5.87. The van der Waals surface area contributed by atoms with Crippen LogP contribution in [-0.4, -0.2) is 0 Å². The van der Waals surface area contributed by atoms with E-state index < -0.39 is 0 Å². The highest BCUT2D eigenvalue weighted by atomic mass is 35.5. The summed E-state index contributed by atoms with van der Waals surface area (Å²) in [5, 5.41) is 0.813. The summed E-state index contributed by atoms with van der Waals surface area (Å²) in [5.41, 5.74) is 1.37. The fourth-order valence-corrected chi connectivity index (χ4v) is 1.52. The van der Waals surface area contributed by atoms with Crippen LogP contribution in [0.1, 0.15) is 25.3 Å². The maximum atomic E-state index is 5.81. The molecule has 0 aliphatic carbocycles. The molecule has 0 aliphatic rings. The molecule has 1 rings (SSSR count). The van der Waals surface area contributed by atoms with Gasteiger partial charge in [-0.15, -0.1) is 6.58 Å². The number of halogens is 1. The van der Waals surface area contributed by atoms with Gasteiger partial charge in [0.25, 0.3) is 0 Å². The van der Waals surface area contributed by atoms with Crippen LogP contribution in [0.3, 0.4) is 0 Å². The van der Waals surface area contributed by atoms with Gasteiger partial charge in [0, 0.05) is 5.02 Å². The predicted octanol–water partition coefficient (Wildman–Crippen LogP) is 4.48. The number of allylic oxidation sites excluding steroid dienone is 1. The van der Waals surface area contributed by atoms with Gasteiger partial charge >= 0.3 is 0 Å². The molecule has 0 aromatic heterocycles. The Bertz CT molecular complexity index is 274. The van der Waals surface area contributed by atoms with E-state index in [1.807, 2.05) is 18.2 Å². The van der Waals surface area contributed by atoms with Crippen molar-refractivity contribution in [2.75, 3.05) is 0 Å². The molecule has 0 fully saturated rings. The molecule has 0 radical (unpaired) electrons. The van der Waals surface area contributed by atoms with Crippen LogP contribution >= 0.6 is 11.6 Å². The predicted molar refractivity (Wildman–Crippen MR) is 63.8 cm³/mol. The van der Waals surface area contributed by atoms with Crippen LogP contribution in [0, 0.1) is 5.92 Å². The smallest absolute Gasteiger partial charge is 0.0406 e. The van der Waals surface area contributed by atoms with E-state index in [4.69, 9.17) is 11.6 Å². The van der Waals surface area contributed by atoms with Gasteiger partial charge in [-0.05, 0) is 42.9 Å². The van der Waals surface area contributed by atoms with Crippen molar-refractivity contribution in [2.24, 2.45) is 5.92 Å². The van der Waals surface area contributed by atoms with E-state index in [0.29, 0.717) is 5.92 Å². The summed E-state index contributed by atoms with van der Waals surface area (Å²) in [4.78, 5) is 0. The lowest BCUT2D eigenvalue weighted by atomic mass is 10.0. The number of rotatable bonds is 5. The molecular weight excluding hydrogens is 192 g/mol. The first-order valence-corrected chi connectivity index (χ1v) is 5.47. The summed E-state index contributed by atoms with van der Waals surface area (Å²) in [6.45, 7) is 5.98. The zero-order chi connectivity index (χ0) is 10.4. The molecule has 0 nitrogen and oxygen atoms in total. The maximum Gasteiger partial charge on any atom is 0.0406 e. The van der Waals surface area contributed by atoms with Gasteiger partial charge in [-0.1, -0.05) is 36.7 Å². The minimum absolute atomic E-state index is 0.627. The minimum Gasteiger partial charge on any atom is -0.103 e. The van der Waals surface area contributed by atoms with Crippen molar-refractivity contribution in [1.29, 1.82) is 0 Å². The lowest BCUT2D eigenvalue weighted by Gasteiger charge is -2.05. The molecule has 0 saturated carbocycles. The molecule has 1 atom stereocenters. The topological polar surface area (TPSA) is 0 Å². The van der Waals surface area contributed by atoms with Gasteiger partial charge in [-0.2, -0.15) is 0 Å². The van der Waals surface area contributed by atoms with E-state index in [9.17, 15) is 0 Å². The van der Waals surface area contributed by atoms with Crippen LogP contribution < -0.4 is 0 Å². The Labute approximate surface area is 91.6 Å². The molecule has 1 heteroatoms. The van der Waals surface area contributed by atoms with Crippen molar-refractivity contribution >= 4 is 11.6 Å². The highest BCUT2D eigenvalue weighted by Crippen LogP contribution is 2.13. The standard InChI is InChI=1S/C13H17Cl/c1-3-11(2)5-4-6-12-7-9-13(14)10-8-12/h3,7-11H,1,4-6H2,2H3. The van der Waals surface area contributed by atoms with Gasteiger partial charge in [-0.25, -0.2) is 0 Å². The van der Waals surface area contributed by atoms with Crippen LogP contribution in [0.5, 0.6) is 0 Å². The molecule has 76 valence electrons. The average Bonchev–Trinajstić information content (AvgIpc) is 2.21. The third-order valence-electron chi connectivity index (χ3n) is 2.44. The molecule has 14 heavy (non-hydrogen) atoms. The van der Waals surface area contributed by atoms with Crippen molar-refractivity contribution < 1.29 is 0 Å². The van der Waals surface area contributed by atoms with Crippen molar-refractivity contribution in [3.8, 4) is 0 Å². The lowest BCUT2D eigenvalue weighted by molar-refractivity contribution is 0.607. The van der Waals surface area contributed by atoms with Crippen LogP contribution in [-0.2, 0) is 6.42 Å². The van der Waals surface area contributed by atoms with E-state index in [-0.39, 0.29) is 0 Å². The highest BCUT2D eigenvalue weighted by Gasteiger charge is 1.97. The lowest BCUT2D eigenvalue weighted by Crippen LogP contribution is -1.91. The van der Waals surface area contributed by atoms with Crippen LogP contribution in [0.15, 0.2) is 36.9 Å². The highest BCUT2D eigenvalue weighted by molar-refractivity contribution is 6.30. The van der Waals surface area contributed by atoms with E-state index in [0.717, 1.165) is 11.4 Å². The Morgan fingerprint density at radius 3 is 2.57 bits per heavy atom. The van der Waals surface area contributed by atoms with E-state index >= 15 is 0 Å². The largest absolute Gasteiger partial charge is 0.103 e. The molecule has 0 bridgehead atoms. The minimum atomic E-state index is 0.627. The first kappa shape index (κ1) is 11.3. The molecular formula is C13H17Cl. The third kappa shape index (κ3) is 3.97. The molecule has 0 amide bonds. The quantitative estimate of drug-likeness (QED) is 0.626. The van der Waals surface area contributed by atoms with Crippen molar-refractivity contribution in [3.63, 3.8) is 0 Å². The Hall–Kier alpha value is -0.750. The molecule has 0 aliphatic heterocycles. The molecule has 1 unspecified atom stereocenters. The van der Waals surface area contributed by atoms with Gasteiger partial charge in [-0.3, -0.25) is 0 Å². The summed E-state index contributed by atoms with van der Waals surface area (Å²) in [5.74, 6) is 0.627. The third-order valence-corrected chi connectivity index (χ3v) is 2.69. The summed E-state index contributed by atoms with van der Waals surface area (Å²) in [7, 11) is 0. The van der Waals surface area contributed by atoms with Crippen LogP contribution in [0.25, 0.3) is 0 Å². The van der Waals surface area contributed by atoms with E-state index in [1.54, 1.807) is 0 Å². The fraction of sp³-hybridized carbons (Fsp3) is 0.385. The maximum absolute atomic E-state index is 5.81. The molecule has 1 aromatic rings. The zero-order valence-electron chi connectivity index (χ0n) is 8.67. The number of aryl methyl sites for hydroxylation is 1. The normalized spacial score (nSPS) is 12.4. The van der Waals surface area contributed by atoms with Crippen LogP contribution in [0.2, 0.25) is 5.02 Å². The average molecular weight is 209 g/mol. The van der Waals surface area contributed by atoms with Crippen molar-refractivity contribution in [3.05, 3.63) is 47.5 Å². The first-order chi connectivity index (χ1) is 6.72. The molecule has 0 N–H and O–H groups in total. The van der Waals surface area contributed by atoms with Crippen molar-refractivity contribution in [2.45, 2.75) is 26.2 Å². The first-order valence-electron chi connectivity index (χ1n) is 5.09. The summed E-state index contributed by atoms with van der Waals surface area (Å²) < 4.78 is 0. The van der Waals surface area contributed by atoms with Crippen LogP contribution in [0.4, 0.5) is 0 Å². The summed E-state index contributed by atoms with van der Waals surface area (Å²) >= 11 is 5.81. The Morgan fingerprint density at radius 2 is 2.00 bits per heavy atom. The Morgan fingerprint density at radius 1 is 1.36 bits per heavy atom. The number of benzene rings is 1. The Kier molecular flexibility index (Phi) is 4.75. The molecule has 0 saturated heterocycles.